The Morgan fingerprint density at radius 1 is 1.33 bits per heavy atom. The second kappa shape index (κ2) is 6.43. The summed E-state index contributed by atoms with van der Waals surface area (Å²) >= 11 is 0. The first-order valence-electron chi connectivity index (χ1n) is 5.40. The molecule has 3 heteroatoms. The van der Waals surface area contributed by atoms with Crippen LogP contribution in [0.1, 0.15) is 24.0 Å². The smallest absolute Gasteiger partial charge is 0.0431 e. The zero-order valence-corrected chi connectivity index (χ0v) is 9.29. The molecule has 0 saturated carbocycles. The van der Waals surface area contributed by atoms with Crippen molar-refractivity contribution < 1.29 is 5.11 Å². The molecule has 0 aliphatic rings. The maximum absolute atomic E-state index is 8.61. The van der Waals surface area contributed by atoms with E-state index in [4.69, 9.17) is 10.8 Å². The molecule has 84 valence electrons. The molecule has 0 aromatic heterocycles. The minimum absolute atomic E-state index is 0.280. The molecule has 0 atom stereocenters. The van der Waals surface area contributed by atoms with Gasteiger partial charge in [-0.1, -0.05) is 12.1 Å². The van der Waals surface area contributed by atoms with Gasteiger partial charge in [0, 0.05) is 18.8 Å². The van der Waals surface area contributed by atoms with Crippen molar-refractivity contribution in [3.05, 3.63) is 29.3 Å². The Hall–Kier alpha value is -1.06. The first-order valence-corrected chi connectivity index (χ1v) is 5.40. The standard InChI is InChI=1S/C12H20N2O/c1-10-8-11(4-5-12(10)13)9-14-6-2-3-7-15/h4-5,8,14-15H,2-3,6-7,9,13H2,1H3. The first kappa shape index (κ1) is 12.0. The highest BCUT2D eigenvalue weighted by Crippen LogP contribution is 2.12. The molecule has 0 bridgehead atoms. The minimum atomic E-state index is 0.280. The SMILES string of the molecule is Cc1cc(CNCCCCO)ccc1N. The van der Waals surface area contributed by atoms with Gasteiger partial charge in [-0.05, 0) is 43.5 Å². The van der Waals surface area contributed by atoms with Gasteiger partial charge in [0.2, 0.25) is 0 Å². The van der Waals surface area contributed by atoms with Crippen molar-refractivity contribution >= 4 is 5.69 Å². The molecule has 1 rings (SSSR count). The Balaban J connectivity index is 2.28. The topological polar surface area (TPSA) is 58.3 Å². The number of aryl methyl sites for hydroxylation is 1. The lowest BCUT2D eigenvalue weighted by atomic mass is 10.1. The van der Waals surface area contributed by atoms with E-state index in [0.717, 1.165) is 37.2 Å². The third-order valence-corrected chi connectivity index (χ3v) is 2.43. The predicted octanol–water partition coefficient (Wildman–Crippen LogP) is 1.44. The van der Waals surface area contributed by atoms with Gasteiger partial charge in [-0.25, -0.2) is 0 Å². The molecule has 0 radical (unpaired) electrons. The summed E-state index contributed by atoms with van der Waals surface area (Å²) < 4.78 is 0. The zero-order chi connectivity index (χ0) is 11.1. The molecule has 0 aliphatic heterocycles. The monoisotopic (exact) mass is 208 g/mol. The van der Waals surface area contributed by atoms with E-state index in [2.05, 4.69) is 11.4 Å². The number of benzene rings is 1. The quantitative estimate of drug-likeness (QED) is 0.490. The number of rotatable bonds is 6. The van der Waals surface area contributed by atoms with E-state index in [-0.39, 0.29) is 6.61 Å². The van der Waals surface area contributed by atoms with E-state index in [1.54, 1.807) is 0 Å². The molecule has 0 fully saturated rings. The van der Waals surface area contributed by atoms with Gasteiger partial charge in [0.1, 0.15) is 0 Å². The molecular formula is C12H20N2O. The number of aliphatic hydroxyl groups is 1. The summed E-state index contributed by atoms with van der Waals surface area (Å²) in [6.45, 7) is 4.11. The van der Waals surface area contributed by atoms with E-state index >= 15 is 0 Å². The summed E-state index contributed by atoms with van der Waals surface area (Å²) in [6, 6.07) is 6.09. The van der Waals surface area contributed by atoms with Crippen LogP contribution in [-0.4, -0.2) is 18.3 Å². The molecule has 1 aromatic carbocycles. The third kappa shape index (κ3) is 4.32. The molecular weight excluding hydrogens is 188 g/mol. The van der Waals surface area contributed by atoms with Crippen LogP contribution >= 0.6 is 0 Å². The van der Waals surface area contributed by atoms with Gasteiger partial charge in [0.15, 0.2) is 0 Å². The van der Waals surface area contributed by atoms with Gasteiger partial charge in [-0.2, -0.15) is 0 Å². The molecule has 0 amide bonds. The maximum Gasteiger partial charge on any atom is 0.0431 e. The summed E-state index contributed by atoms with van der Waals surface area (Å²) in [6.07, 6.45) is 1.89. The lowest BCUT2D eigenvalue weighted by Gasteiger charge is -2.06. The van der Waals surface area contributed by atoms with Gasteiger partial charge in [-0.3, -0.25) is 0 Å². The molecule has 3 nitrogen and oxygen atoms in total. The molecule has 0 spiro atoms. The van der Waals surface area contributed by atoms with Crippen LogP contribution in [0.5, 0.6) is 0 Å². The van der Waals surface area contributed by atoms with Crippen molar-refractivity contribution in [3.63, 3.8) is 0 Å². The average molecular weight is 208 g/mol. The van der Waals surface area contributed by atoms with E-state index in [0.29, 0.717) is 0 Å². The predicted molar refractivity (Wildman–Crippen MR) is 63.6 cm³/mol. The molecule has 0 heterocycles. The number of nitrogens with one attached hydrogen (secondary N) is 1. The zero-order valence-electron chi connectivity index (χ0n) is 9.29. The van der Waals surface area contributed by atoms with Crippen molar-refractivity contribution in [2.45, 2.75) is 26.3 Å². The molecule has 0 aliphatic carbocycles. The van der Waals surface area contributed by atoms with Crippen LogP contribution in [0.3, 0.4) is 0 Å². The van der Waals surface area contributed by atoms with E-state index < -0.39 is 0 Å². The minimum Gasteiger partial charge on any atom is -0.399 e. The van der Waals surface area contributed by atoms with Gasteiger partial charge in [-0.15, -0.1) is 0 Å². The number of anilines is 1. The van der Waals surface area contributed by atoms with Crippen molar-refractivity contribution in [1.29, 1.82) is 0 Å². The molecule has 1 aromatic rings. The molecule has 4 N–H and O–H groups in total. The van der Waals surface area contributed by atoms with Crippen LogP contribution in [0, 0.1) is 6.92 Å². The highest BCUT2D eigenvalue weighted by atomic mass is 16.2. The Labute approximate surface area is 91.3 Å². The van der Waals surface area contributed by atoms with E-state index in [1.807, 2.05) is 19.1 Å². The summed E-state index contributed by atoms with van der Waals surface area (Å²) in [5.41, 5.74) is 8.97. The van der Waals surface area contributed by atoms with E-state index in [9.17, 15) is 0 Å². The second-order valence-corrected chi connectivity index (χ2v) is 3.80. The van der Waals surface area contributed by atoms with Crippen molar-refractivity contribution in [2.24, 2.45) is 0 Å². The van der Waals surface area contributed by atoms with Crippen molar-refractivity contribution in [1.82, 2.24) is 5.32 Å². The maximum atomic E-state index is 8.61. The van der Waals surface area contributed by atoms with Crippen LogP contribution in [0.4, 0.5) is 5.69 Å². The summed E-state index contributed by atoms with van der Waals surface area (Å²) in [5, 5.41) is 11.9. The number of nitrogens with two attached hydrogens (primary N) is 1. The highest BCUT2D eigenvalue weighted by Gasteiger charge is 1.96. The largest absolute Gasteiger partial charge is 0.399 e. The second-order valence-electron chi connectivity index (χ2n) is 3.80. The Morgan fingerprint density at radius 3 is 2.80 bits per heavy atom. The van der Waals surface area contributed by atoms with Crippen LogP contribution < -0.4 is 11.1 Å². The Kier molecular flexibility index (Phi) is 5.15. The Morgan fingerprint density at radius 2 is 2.13 bits per heavy atom. The summed E-state index contributed by atoms with van der Waals surface area (Å²) in [4.78, 5) is 0. The fraction of sp³-hybridized carbons (Fsp3) is 0.500. The number of aliphatic hydroxyl groups excluding tert-OH is 1. The Bertz CT molecular complexity index is 300. The number of hydrogen-bond acceptors (Lipinski definition) is 3. The molecule has 15 heavy (non-hydrogen) atoms. The lowest BCUT2D eigenvalue weighted by Crippen LogP contribution is -2.15. The third-order valence-electron chi connectivity index (χ3n) is 2.43. The van der Waals surface area contributed by atoms with E-state index in [1.165, 1.54) is 5.56 Å². The average Bonchev–Trinajstić information content (AvgIpc) is 2.23. The summed E-state index contributed by atoms with van der Waals surface area (Å²) in [5.74, 6) is 0. The highest BCUT2D eigenvalue weighted by molar-refractivity contribution is 5.47. The van der Waals surface area contributed by atoms with Crippen LogP contribution in [0.2, 0.25) is 0 Å². The fourth-order valence-corrected chi connectivity index (χ4v) is 1.44. The number of unbranched alkanes of at least 4 members (excludes halogenated alkanes) is 1. The van der Waals surface area contributed by atoms with Crippen LogP contribution in [0.25, 0.3) is 0 Å². The van der Waals surface area contributed by atoms with Crippen molar-refractivity contribution in [2.75, 3.05) is 18.9 Å². The van der Waals surface area contributed by atoms with Gasteiger partial charge in [0.05, 0.1) is 0 Å². The van der Waals surface area contributed by atoms with Crippen LogP contribution in [0.15, 0.2) is 18.2 Å². The fourth-order valence-electron chi connectivity index (χ4n) is 1.44. The first-order chi connectivity index (χ1) is 7.24. The number of nitrogen functional groups attached to an aromatic ring is 1. The van der Waals surface area contributed by atoms with Gasteiger partial charge >= 0.3 is 0 Å². The van der Waals surface area contributed by atoms with Crippen LogP contribution in [-0.2, 0) is 6.54 Å². The van der Waals surface area contributed by atoms with Crippen molar-refractivity contribution in [3.8, 4) is 0 Å². The summed E-state index contributed by atoms with van der Waals surface area (Å²) in [7, 11) is 0. The van der Waals surface area contributed by atoms with Gasteiger partial charge < -0.3 is 16.2 Å². The molecule has 0 saturated heterocycles. The number of hydrogen-bond donors (Lipinski definition) is 3. The van der Waals surface area contributed by atoms with Gasteiger partial charge in [0.25, 0.3) is 0 Å². The molecule has 0 unspecified atom stereocenters. The lowest BCUT2D eigenvalue weighted by molar-refractivity contribution is 0.283. The normalized spacial score (nSPS) is 10.5.